The highest BCUT2D eigenvalue weighted by molar-refractivity contribution is 6.21. The average molecular weight is 696 g/mol. The molecule has 4 atom stereocenters. The highest BCUT2D eigenvalue weighted by Crippen LogP contribution is 2.42. The second kappa shape index (κ2) is 14.8. The maximum Gasteiger partial charge on any atom is 0.261 e. The Morgan fingerprint density at radius 2 is 1.38 bits per heavy atom. The number of imide groups is 1. The Morgan fingerprint density at radius 1 is 0.712 bits per heavy atom. The van der Waals surface area contributed by atoms with E-state index in [1.165, 1.54) is 4.90 Å². The van der Waals surface area contributed by atoms with Crippen LogP contribution in [0, 0.1) is 5.92 Å². The molecule has 2 amide bonds. The van der Waals surface area contributed by atoms with Gasteiger partial charge in [-0.3, -0.25) is 19.4 Å². The lowest BCUT2D eigenvalue weighted by Gasteiger charge is -2.44. The van der Waals surface area contributed by atoms with Gasteiger partial charge in [-0.15, -0.1) is 0 Å². The largest absolute Gasteiger partial charge is 0.392 e. The standard InChI is InChI=1S/C42H41N5O5/c1-28-37(26-45-20-22-46(23-21-45)42-43-18-5-19-44-42)51-41(52-38(28)32-12-10-29(27-48)11-13-32)33-16-14-31(15-17-33)34-7-4-6-30(24-34)25-47-39(49)35-8-2-3-9-36(35)40(47)50/h2-19,24,28,37-38,41,48H,20-23,25-27H2,1H3/t28-,37+,38+,41+/m0/s1. The van der Waals surface area contributed by atoms with Crippen LogP contribution < -0.4 is 4.90 Å². The van der Waals surface area contributed by atoms with Crippen molar-refractivity contribution >= 4 is 17.8 Å². The molecule has 0 saturated carbocycles. The minimum Gasteiger partial charge on any atom is -0.392 e. The maximum atomic E-state index is 13.0. The van der Waals surface area contributed by atoms with E-state index in [1.807, 2.05) is 54.6 Å². The van der Waals surface area contributed by atoms with E-state index in [-0.39, 0.29) is 43.1 Å². The number of ether oxygens (including phenoxy) is 2. The average Bonchev–Trinajstić information content (AvgIpc) is 3.44. The van der Waals surface area contributed by atoms with E-state index in [9.17, 15) is 14.7 Å². The van der Waals surface area contributed by atoms with Crippen LogP contribution in [-0.4, -0.2) is 75.5 Å². The highest BCUT2D eigenvalue weighted by atomic mass is 16.7. The molecule has 0 unspecified atom stereocenters. The number of amides is 2. The molecule has 1 aromatic heterocycles. The Morgan fingerprint density at radius 3 is 2.06 bits per heavy atom. The Bertz CT molecular complexity index is 2000. The summed E-state index contributed by atoms with van der Waals surface area (Å²) >= 11 is 0. The molecule has 0 spiro atoms. The predicted molar refractivity (Wildman–Crippen MR) is 196 cm³/mol. The zero-order valence-corrected chi connectivity index (χ0v) is 29.0. The normalized spacial score (nSPS) is 22.1. The number of hydrogen-bond donors (Lipinski definition) is 1. The number of aromatic nitrogens is 2. The summed E-state index contributed by atoms with van der Waals surface area (Å²) in [6.07, 6.45) is 2.71. The molecule has 10 heteroatoms. The van der Waals surface area contributed by atoms with E-state index in [1.54, 1.807) is 36.7 Å². The molecular formula is C42H41N5O5. The first-order chi connectivity index (χ1) is 25.4. The minimum absolute atomic E-state index is 0.00621. The summed E-state index contributed by atoms with van der Waals surface area (Å²) in [7, 11) is 0. The second-order valence-corrected chi connectivity index (χ2v) is 13.7. The van der Waals surface area contributed by atoms with Crippen molar-refractivity contribution in [2.45, 2.75) is 38.6 Å². The second-order valence-electron chi connectivity index (χ2n) is 13.7. The van der Waals surface area contributed by atoms with Crippen LogP contribution in [0.3, 0.4) is 0 Å². The van der Waals surface area contributed by atoms with E-state index >= 15 is 0 Å². The van der Waals surface area contributed by atoms with E-state index in [2.05, 4.69) is 51.0 Å². The smallest absolute Gasteiger partial charge is 0.261 e. The van der Waals surface area contributed by atoms with Gasteiger partial charge in [0.2, 0.25) is 5.95 Å². The van der Waals surface area contributed by atoms with E-state index in [0.717, 1.165) is 72.1 Å². The number of nitrogens with zero attached hydrogens (tertiary/aromatic N) is 5. The Balaban J connectivity index is 0.985. The van der Waals surface area contributed by atoms with Gasteiger partial charge in [0.05, 0.1) is 36.5 Å². The lowest BCUT2D eigenvalue weighted by atomic mass is 9.89. The number of fused-ring (bicyclic) bond motifs is 1. The molecule has 52 heavy (non-hydrogen) atoms. The molecule has 264 valence electrons. The van der Waals surface area contributed by atoms with E-state index < -0.39 is 6.29 Å². The molecule has 4 aromatic carbocycles. The zero-order chi connectivity index (χ0) is 35.6. The summed E-state index contributed by atoms with van der Waals surface area (Å²) in [5, 5.41) is 9.64. The van der Waals surface area contributed by atoms with Crippen LogP contribution in [0.5, 0.6) is 0 Å². The SMILES string of the molecule is C[C@H]1[C@@H](CN2CCN(c3ncccn3)CC2)O[C@@H](c2ccc(-c3cccc(CN4C(=O)c5ccccc5C4=O)c3)cc2)O[C@H]1c1ccc(CO)cc1. The molecular weight excluding hydrogens is 654 g/mol. The summed E-state index contributed by atoms with van der Waals surface area (Å²) in [4.78, 5) is 40.8. The molecule has 5 aromatic rings. The predicted octanol–water partition coefficient (Wildman–Crippen LogP) is 6.05. The summed E-state index contributed by atoms with van der Waals surface area (Å²) < 4.78 is 13.5. The number of carbonyl (C=O) groups is 2. The molecule has 10 nitrogen and oxygen atoms in total. The molecule has 2 fully saturated rings. The molecule has 0 radical (unpaired) electrons. The fourth-order valence-electron chi connectivity index (χ4n) is 7.41. The van der Waals surface area contributed by atoms with Gasteiger partial charge in [-0.1, -0.05) is 85.8 Å². The summed E-state index contributed by atoms with van der Waals surface area (Å²) in [6, 6.07) is 33.0. The van der Waals surface area contributed by atoms with Crippen LogP contribution in [0.1, 0.15) is 62.3 Å². The first-order valence-electron chi connectivity index (χ1n) is 17.8. The molecule has 0 bridgehead atoms. The van der Waals surface area contributed by atoms with Gasteiger partial charge in [0, 0.05) is 56.6 Å². The quantitative estimate of drug-likeness (QED) is 0.185. The van der Waals surface area contributed by atoms with E-state index in [4.69, 9.17) is 9.47 Å². The van der Waals surface area contributed by atoms with Gasteiger partial charge in [-0.2, -0.15) is 0 Å². The van der Waals surface area contributed by atoms with Crippen molar-refractivity contribution in [3.63, 3.8) is 0 Å². The van der Waals surface area contributed by atoms with Gasteiger partial charge in [-0.25, -0.2) is 9.97 Å². The Kier molecular flexibility index (Phi) is 9.62. The lowest BCUT2D eigenvalue weighted by Crippen LogP contribution is -2.51. The van der Waals surface area contributed by atoms with Crippen molar-refractivity contribution in [2.75, 3.05) is 37.6 Å². The third-order valence-electron chi connectivity index (χ3n) is 10.4. The molecule has 3 aliphatic heterocycles. The van der Waals surface area contributed by atoms with Gasteiger partial charge >= 0.3 is 0 Å². The van der Waals surface area contributed by atoms with Crippen LogP contribution in [-0.2, 0) is 22.6 Å². The van der Waals surface area contributed by atoms with Gasteiger partial charge in [0.15, 0.2) is 6.29 Å². The van der Waals surface area contributed by atoms with Crippen LogP contribution in [0.4, 0.5) is 5.95 Å². The molecule has 2 saturated heterocycles. The lowest BCUT2D eigenvalue weighted by molar-refractivity contribution is -0.276. The van der Waals surface area contributed by atoms with Crippen LogP contribution in [0.25, 0.3) is 11.1 Å². The highest BCUT2D eigenvalue weighted by Gasteiger charge is 2.40. The number of benzene rings is 4. The van der Waals surface area contributed by atoms with Crippen molar-refractivity contribution in [2.24, 2.45) is 5.92 Å². The number of anilines is 1. The fourth-order valence-corrected chi connectivity index (χ4v) is 7.41. The first kappa shape index (κ1) is 33.9. The van der Waals surface area contributed by atoms with Gasteiger partial charge in [0.1, 0.15) is 0 Å². The number of carbonyl (C=O) groups excluding carboxylic acids is 2. The first-order valence-corrected chi connectivity index (χ1v) is 17.8. The molecule has 8 rings (SSSR count). The molecule has 1 N–H and O–H groups in total. The van der Waals surface area contributed by atoms with Gasteiger partial charge in [0.25, 0.3) is 11.8 Å². The molecule has 3 aliphatic rings. The third-order valence-corrected chi connectivity index (χ3v) is 10.4. The van der Waals surface area contributed by atoms with Crippen molar-refractivity contribution < 1.29 is 24.2 Å². The Labute approximate surface area is 303 Å². The fraction of sp³-hybridized carbons (Fsp3) is 0.286. The van der Waals surface area contributed by atoms with Crippen LogP contribution in [0.2, 0.25) is 0 Å². The zero-order valence-electron chi connectivity index (χ0n) is 29.0. The number of aliphatic hydroxyl groups excluding tert-OH is 1. The minimum atomic E-state index is -0.572. The third kappa shape index (κ3) is 6.86. The number of aliphatic hydroxyl groups is 1. The van der Waals surface area contributed by atoms with Crippen LogP contribution >= 0.6 is 0 Å². The van der Waals surface area contributed by atoms with Gasteiger partial charge < -0.3 is 19.5 Å². The Hall–Kier alpha value is -5.26. The monoisotopic (exact) mass is 695 g/mol. The van der Waals surface area contributed by atoms with Crippen molar-refractivity contribution in [3.8, 4) is 11.1 Å². The molecule has 0 aliphatic carbocycles. The van der Waals surface area contributed by atoms with Gasteiger partial charge in [-0.05, 0) is 52.1 Å². The van der Waals surface area contributed by atoms with Crippen molar-refractivity contribution in [1.29, 1.82) is 0 Å². The summed E-state index contributed by atoms with van der Waals surface area (Å²) in [5.41, 5.74) is 6.61. The van der Waals surface area contributed by atoms with Crippen LogP contribution in [0.15, 0.2) is 116 Å². The van der Waals surface area contributed by atoms with Crippen molar-refractivity contribution in [3.05, 3.63) is 149 Å². The molecule has 4 heterocycles. The van der Waals surface area contributed by atoms with E-state index in [0.29, 0.717) is 11.1 Å². The number of piperazine rings is 1. The number of rotatable bonds is 9. The van der Waals surface area contributed by atoms with Crippen molar-refractivity contribution in [1.82, 2.24) is 19.8 Å². The summed E-state index contributed by atoms with van der Waals surface area (Å²) in [5.74, 6) is 0.322. The topological polar surface area (TPSA) is 108 Å². The number of hydrogen-bond acceptors (Lipinski definition) is 9. The summed E-state index contributed by atoms with van der Waals surface area (Å²) in [6.45, 7) is 6.62. The maximum absolute atomic E-state index is 13.0.